The Balaban J connectivity index is 1.57. The molecule has 5 aromatic rings. The van der Waals surface area contributed by atoms with Gasteiger partial charge in [-0.1, -0.05) is 48.5 Å². The van der Waals surface area contributed by atoms with Gasteiger partial charge in [-0.05, 0) is 12.1 Å². The number of rotatable bonds is 6. The highest BCUT2D eigenvalue weighted by Gasteiger charge is 2.42. The number of aliphatic hydroxyl groups is 1. The van der Waals surface area contributed by atoms with E-state index in [1.807, 2.05) is 0 Å². The number of aromatic nitrogens is 5. The highest BCUT2D eigenvalue weighted by molar-refractivity contribution is 6.05. The van der Waals surface area contributed by atoms with Crippen molar-refractivity contribution in [3.63, 3.8) is 0 Å². The van der Waals surface area contributed by atoms with Crippen molar-refractivity contribution in [2.75, 3.05) is 5.32 Å². The molecule has 5 rings (SSSR count). The Morgan fingerprint density at radius 3 is 2.49 bits per heavy atom. The summed E-state index contributed by atoms with van der Waals surface area (Å²) >= 11 is 0. The van der Waals surface area contributed by atoms with Crippen LogP contribution in [0.4, 0.5) is 5.69 Å². The fourth-order valence-corrected chi connectivity index (χ4v) is 3.88. The van der Waals surface area contributed by atoms with Crippen LogP contribution in [0.2, 0.25) is 0 Å². The number of benzene rings is 2. The summed E-state index contributed by atoms with van der Waals surface area (Å²) < 4.78 is 0. The minimum Gasteiger partial charge on any atom is -0.476 e. The lowest BCUT2D eigenvalue weighted by Gasteiger charge is -2.25. The SMILES string of the molecule is O=C(O)c1nnc2ccccc2c1-c1cncc(NC(=O)[C@@](O)(c2ccccc2)c2ncc[nH]2)c1. The molecule has 1 amide bonds. The van der Waals surface area contributed by atoms with Gasteiger partial charge >= 0.3 is 5.97 Å². The summed E-state index contributed by atoms with van der Waals surface area (Å²) in [4.78, 5) is 36.4. The second-order valence-corrected chi connectivity index (χ2v) is 7.68. The number of amides is 1. The van der Waals surface area contributed by atoms with Crippen molar-refractivity contribution in [1.82, 2.24) is 25.1 Å². The zero-order chi connectivity index (χ0) is 24.4. The normalized spacial score (nSPS) is 12.7. The molecular weight excluding hydrogens is 448 g/mol. The second-order valence-electron chi connectivity index (χ2n) is 7.68. The third-order valence-electron chi connectivity index (χ3n) is 5.52. The Kier molecular flexibility index (Phi) is 5.47. The van der Waals surface area contributed by atoms with E-state index >= 15 is 0 Å². The first-order valence-corrected chi connectivity index (χ1v) is 10.5. The molecule has 10 heteroatoms. The van der Waals surface area contributed by atoms with Crippen LogP contribution in [0.1, 0.15) is 21.9 Å². The summed E-state index contributed by atoms with van der Waals surface area (Å²) in [6, 6.07) is 17.0. The number of imidazole rings is 1. The average molecular weight is 466 g/mol. The molecule has 0 aliphatic carbocycles. The molecular formula is C25H18N6O4. The van der Waals surface area contributed by atoms with Gasteiger partial charge in [0.2, 0.25) is 5.60 Å². The molecule has 0 spiro atoms. The van der Waals surface area contributed by atoms with Crippen LogP contribution in [0, 0.1) is 0 Å². The molecule has 4 N–H and O–H groups in total. The van der Waals surface area contributed by atoms with Crippen LogP contribution in [0.5, 0.6) is 0 Å². The average Bonchev–Trinajstić information content (AvgIpc) is 3.43. The molecule has 0 saturated heterocycles. The number of nitrogens with one attached hydrogen (secondary N) is 2. The first-order valence-electron chi connectivity index (χ1n) is 10.5. The quantitative estimate of drug-likeness (QED) is 0.298. The number of carboxylic acids is 1. The first kappa shape index (κ1) is 21.9. The number of anilines is 1. The number of nitrogens with zero attached hydrogens (tertiary/aromatic N) is 4. The third kappa shape index (κ3) is 3.87. The fourth-order valence-electron chi connectivity index (χ4n) is 3.88. The Bertz CT molecular complexity index is 1540. The molecule has 0 aliphatic heterocycles. The number of carbonyl (C=O) groups excluding carboxylic acids is 1. The molecule has 1 atom stereocenters. The second kappa shape index (κ2) is 8.76. The van der Waals surface area contributed by atoms with Gasteiger partial charge in [-0.2, -0.15) is 0 Å². The molecule has 0 unspecified atom stereocenters. The van der Waals surface area contributed by atoms with E-state index in [2.05, 4.69) is 30.5 Å². The highest BCUT2D eigenvalue weighted by atomic mass is 16.4. The number of hydrogen-bond acceptors (Lipinski definition) is 7. The van der Waals surface area contributed by atoms with Crippen LogP contribution in [0.3, 0.4) is 0 Å². The van der Waals surface area contributed by atoms with Gasteiger partial charge < -0.3 is 20.5 Å². The molecule has 0 bridgehead atoms. The number of aromatic amines is 1. The standard InChI is InChI=1S/C25H18N6O4/c32-22(33)21-20(18-8-4-5-9-19(18)30-31-21)15-12-17(14-26-13-15)29-24(34)25(35,23-27-10-11-28-23)16-6-2-1-3-7-16/h1-14,35H,(H,27,28)(H,29,34)(H,32,33)/t25-/m1/s1. The smallest absolute Gasteiger partial charge is 0.357 e. The van der Waals surface area contributed by atoms with Crippen LogP contribution in [0.25, 0.3) is 22.0 Å². The van der Waals surface area contributed by atoms with E-state index in [1.165, 1.54) is 24.8 Å². The Morgan fingerprint density at radius 1 is 0.971 bits per heavy atom. The van der Waals surface area contributed by atoms with E-state index < -0.39 is 17.5 Å². The maximum absolute atomic E-state index is 13.4. The van der Waals surface area contributed by atoms with Gasteiger partial charge in [0.05, 0.1) is 17.4 Å². The molecule has 0 saturated carbocycles. The van der Waals surface area contributed by atoms with E-state index in [4.69, 9.17) is 0 Å². The summed E-state index contributed by atoms with van der Waals surface area (Å²) in [7, 11) is 0. The Hall–Kier alpha value is -4.96. The van der Waals surface area contributed by atoms with Gasteiger partial charge in [0.15, 0.2) is 11.5 Å². The lowest BCUT2D eigenvalue weighted by Crippen LogP contribution is -2.42. The van der Waals surface area contributed by atoms with E-state index in [1.54, 1.807) is 60.7 Å². The predicted octanol–water partition coefficient (Wildman–Crippen LogP) is 2.99. The maximum atomic E-state index is 13.4. The lowest BCUT2D eigenvalue weighted by molar-refractivity contribution is -0.131. The van der Waals surface area contributed by atoms with Crippen molar-refractivity contribution in [2.45, 2.75) is 5.60 Å². The maximum Gasteiger partial charge on any atom is 0.357 e. The minimum absolute atomic E-state index is 0.0443. The summed E-state index contributed by atoms with van der Waals surface area (Å²) in [5.74, 6) is -1.97. The largest absolute Gasteiger partial charge is 0.476 e. The van der Waals surface area contributed by atoms with Crippen molar-refractivity contribution in [3.05, 3.63) is 103 Å². The van der Waals surface area contributed by atoms with Gasteiger partial charge in [-0.25, -0.2) is 9.78 Å². The minimum atomic E-state index is -2.11. The third-order valence-corrected chi connectivity index (χ3v) is 5.52. The van der Waals surface area contributed by atoms with Crippen LogP contribution in [-0.4, -0.2) is 47.2 Å². The Morgan fingerprint density at radius 2 is 1.74 bits per heavy atom. The molecule has 3 aromatic heterocycles. The zero-order valence-corrected chi connectivity index (χ0v) is 18.1. The molecule has 172 valence electrons. The van der Waals surface area contributed by atoms with Crippen LogP contribution in [0.15, 0.2) is 85.5 Å². The molecule has 0 fully saturated rings. The topological polar surface area (TPSA) is 154 Å². The monoisotopic (exact) mass is 466 g/mol. The van der Waals surface area contributed by atoms with Crippen molar-refractivity contribution >= 4 is 28.5 Å². The van der Waals surface area contributed by atoms with Crippen molar-refractivity contribution < 1.29 is 19.8 Å². The molecule has 0 aliphatic rings. The van der Waals surface area contributed by atoms with Gasteiger partial charge in [0.25, 0.3) is 5.91 Å². The number of hydrogen-bond donors (Lipinski definition) is 4. The van der Waals surface area contributed by atoms with Gasteiger partial charge in [0.1, 0.15) is 0 Å². The summed E-state index contributed by atoms with van der Waals surface area (Å²) in [6.07, 6.45) is 5.81. The number of carboxylic acid groups (broad SMARTS) is 1. The Labute approximate surface area is 198 Å². The molecule has 10 nitrogen and oxygen atoms in total. The molecule has 35 heavy (non-hydrogen) atoms. The summed E-state index contributed by atoms with van der Waals surface area (Å²) in [6.45, 7) is 0. The van der Waals surface area contributed by atoms with Crippen molar-refractivity contribution in [2.24, 2.45) is 0 Å². The van der Waals surface area contributed by atoms with Crippen LogP contribution >= 0.6 is 0 Å². The first-order chi connectivity index (χ1) is 17.0. The number of carbonyl (C=O) groups is 2. The van der Waals surface area contributed by atoms with Crippen molar-refractivity contribution in [1.29, 1.82) is 0 Å². The van der Waals surface area contributed by atoms with Gasteiger partial charge in [-0.15, -0.1) is 10.2 Å². The van der Waals surface area contributed by atoms with E-state index in [0.29, 0.717) is 27.6 Å². The van der Waals surface area contributed by atoms with E-state index in [0.717, 1.165) is 0 Å². The number of aromatic carboxylic acids is 1. The van der Waals surface area contributed by atoms with Gasteiger partial charge in [-0.3, -0.25) is 9.78 Å². The van der Waals surface area contributed by atoms with Gasteiger partial charge in [0, 0.05) is 40.7 Å². The lowest BCUT2D eigenvalue weighted by atomic mass is 9.91. The highest BCUT2D eigenvalue weighted by Crippen LogP contribution is 2.32. The van der Waals surface area contributed by atoms with Crippen LogP contribution < -0.4 is 5.32 Å². The molecule has 3 heterocycles. The summed E-state index contributed by atoms with van der Waals surface area (Å²) in [5, 5.41) is 32.3. The zero-order valence-electron chi connectivity index (χ0n) is 18.1. The summed E-state index contributed by atoms with van der Waals surface area (Å²) in [5.41, 5.74) is -0.565. The van der Waals surface area contributed by atoms with Crippen LogP contribution in [-0.2, 0) is 10.4 Å². The number of fused-ring (bicyclic) bond motifs is 1. The van der Waals surface area contributed by atoms with E-state index in [-0.39, 0.29) is 17.2 Å². The van der Waals surface area contributed by atoms with E-state index in [9.17, 15) is 19.8 Å². The molecule has 0 radical (unpaired) electrons. The number of H-pyrrole nitrogens is 1. The molecule has 2 aromatic carbocycles. The van der Waals surface area contributed by atoms with Crippen molar-refractivity contribution in [3.8, 4) is 11.1 Å². The fraction of sp³-hybridized carbons (Fsp3) is 0.0400. The predicted molar refractivity (Wildman–Crippen MR) is 126 cm³/mol. The number of pyridine rings is 1.